The predicted octanol–water partition coefficient (Wildman–Crippen LogP) is 5.01. The zero-order valence-electron chi connectivity index (χ0n) is 11.3. The largest absolute Gasteiger partial charge is 0.376 e. The van der Waals surface area contributed by atoms with Crippen molar-refractivity contribution in [2.24, 2.45) is 11.3 Å². The lowest BCUT2D eigenvalue weighted by molar-refractivity contribution is -0.0160. The van der Waals surface area contributed by atoms with Gasteiger partial charge in [-0.05, 0) is 44.9 Å². The van der Waals surface area contributed by atoms with Crippen LogP contribution in [0, 0.1) is 11.3 Å². The first-order valence-corrected chi connectivity index (χ1v) is 8.25. The molecule has 0 rings (SSSR count). The van der Waals surface area contributed by atoms with Crippen molar-refractivity contribution >= 4 is 31.9 Å². The highest BCUT2D eigenvalue weighted by Gasteiger charge is 2.29. The van der Waals surface area contributed by atoms with Crippen LogP contribution in [-0.2, 0) is 4.74 Å². The summed E-state index contributed by atoms with van der Waals surface area (Å²) in [7, 11) is 0. The van der Waals surface area contributed by atoms with Crippen molar-refractivity contribution in [2.75, 3.05) is 17.3 Å². The maximum absolute atomic E-state index is 5.83. The van der Waals surface area contributed by atoms with Gasteiger partial charge < -0.3 is 4.74 Å². The van der Waals surface area contributed by atoms with Crippen LogP contribution in [0.25, 0.3) is 0 Å². The normalized spacial score (nSPS) is 13.5. The van der Waals surface area contributed by atoms with Crippen molar-refractivity contribution in [1.29, 1.82) is 0 Å². The van der Waals surface area contributed by atoms with E-state index in [9.17, 15) is 0 Å². The molecule has 0 aliphatic carbocycles. The average molecular weight is 358 g/mol. The molecule has 0 saturated carbocycles. The van der Waals surface area contributed by atoms with Crippen molar-refractivity contribution in [3.63, 3.8) is 0 Å². The fourth-order valence-electron chi connectivity index (χ4n) is 1.82. The van der Waals surface area contributed by atoms with E-state index in [1.165, 1.54) is 6.42 Å². The fourth-order valence-corrected chi connectivity index (χ4v) is 3.77. The van der Waals surface area contributed by atoms with Crippen molar-refractivity contribution in [2.45, 2.75) is 53.1 Å². The summed E-state index contributed by atoms with van der Waals surface area (Å²) in [5, 5.41) is 2.08. The first-order chi connectivity index (χ1) is 7.24. The van der Waals surface area contributed by atoms with E-state index in [-0.39, 0.29) is 5.60 Å². The minimum atomic E-state index is -0.0256. The Morgan fingerprint density at radius 1 is 1.06 bits per heavy atom. The summed E-state index contributed by atoms with van der Waals surface area (Å²) in [6.07, 6.45) is 2.34. The third kappa shape index (κ3) is 7.29. The molecule has 0 radical (unpaired) electrons. The Hall–Kier alpha value is 0.920. The van der Waals surface area contributed by atoms with Gasteiger partial charge in [-0.1, -0.05) is 45.7 Å². The van der Waals surface area contributed by atoms with Crippen LogP contribution in [-0.4, -0.2) is 22.9 Å². The molecule has 0 aromatic heterocycles. The van der Waals surface area contributed by atoms with Crippen LogP contribution in [0.4, 0.5) is 0 Å². The summed E-state index contributed by atoms with van der Waals surface area (Å²) in [6.45, 7) is 11.7. The molecule has 1 nitrogen and oxygen atoms in total. The van der Waals surface area contributed by atoms with Gasteiger partial charge in [-0.15, -0.1) is 0 Å². The molecule has 98 valence electrons. The summed E-state index contributed by atoms with van der Waals surface area (Å²) < 4.78 is 5.83. The third-order valence-corrected chi connectivity index (χ3v) is 4.95. The van der Waals surface area contributed by atoms with Crippen molar-refractivity contribution < 1.29 is 4.74 Å². The Bertz CT molecular complexity index is 181. The van der Waals surface area contributed by atoms with E-state index in [2.05, 4.69) is 66.5 Å². The van der Waals surface area contributed by atoms with Crippen LogP contribution >= 0.6 is 31.9 Å². The molecule has 0 aliphatic heterocycles. The molecule has 0 atom stereocenters. The minimum Gasteiger partial charge on any atom is -0.376 e. The van der Waals surface area contributed by atoms with Gasteiger partial charge in [0.1, 0.15) is 0 Å². The van der Waals surface area contributed by atoms with E-state index < -0.39 is 0 Å². The Balaban J connectivity index is 4.22. The van der Waals surface area contributed by atoms with E-state index in [0.29, 0.717) is 5.41 Å². The summed E-state index contributed by atoms with van der Waals surface area (Å²) in [5.41, 5.74) is 0.307. The first-order valence-electron chi connectivity index (χ1n) is 6.00. The number of halogens is 2. The van der Waals surface area contributed by atoms with Crippen LogP contribution in [0.2, 0.25) is 0 Å². The van der Waals surface area contributed by atoms with Gasteiger partial charge >= 0.3 is 0 Å². The van der Waals surface area contributed by atoms with Gasteiger partial charge in [-0.2, -0.15) is 0 Å². The Morgan fingerprint density at radius 3 is 1.88 bits per heavy atom. The molecule has 0 spiro atoms. The molecule has 0 bridgehead atoms. The van der Waals surface area contributed by atoms with Crippen LogP contribution < -0.4 is 0 Å². The molecular weight excluding hydrogens is 332 g/mol. The number of rotatable bonds is 7. The van der Waals surface area contributed by atoms with Gasteiger partial charge in [0.05, 0.1) is 5.60 Å². The standard InChI is InChI=1S/C13H26Br2O/c1-11(2)8-13(9-14,10-15)6-7-16-12(3,4)5/h11H,6-10H2,1-5H3. The van der Waals surface area contributed by atoms with E-state index in [1.54, 1.807) is 0 Å². The van der Waals surface area contributed by atoms with E-state index >= 15 is 0 Å². The maximum atomic E-state index is 5.83. The Morgan fingerprint density at radius 2 is 1.56 bits per heavy atom. The quantitative estimate of drug-likeness (QED) is 0.581. The zero-order valence-corrected chi connectivity index (χ0v) is 14.4. The van der Waals surface area contributed by atoms with Crippen LogP contribution in [0.1, 0.15) is 47.5 Å². The Kier molecular flexibility index (Phi) is 7.80. The number of alkyl halides is 2. The van der Waals surface area contributed by atoms with E-state index in [1.807, 2.05) is 0 Å². The van der Waals surface area contributed by atoms with Gasteiger partial charge in [-0.25, -0.2) is 0 Å². The third-order valence-electron chi connectivity index (χ3n) is 2.58. The zero-order chi connectivity index (χ0) is 12.8. The number of ether oxygens (including phenoxy) is 1. The van der Waals surface area contributed by atoms with Gasteiger partial charge in [0.2, 0.25) is 0 Å². The molecule has 0 aromatic carbocycles. The average Bonchev–Trinajstić information content (AvgIpc) is 2.13. The van der Waals surface area contributed by atoms with Crippen LogP contribution in [0.3, 0.4) is 0 Å². The second-order valence-electron chi connectivity index (χ2n) is 6.08. The molecule has 0 amide bonds. The summed E-state index contributed by atoms with van der Waals surface area (Å²) in [4.78, 5) is 0. The summed E-state index contributed by atoms with van der Waals surface area (Å²) in [6, 6.07) is 0. The number of hydrogen-bond acceptors (Lipinski definition) is 1. The molecule has 0 fully saturated rings. The molecule has 0 aromatic rings. The van der Waals surface area contributed by atoms with Crippen molar-refractivity contribution in [3.8, 4) is 0 Å². The van der Waals surface area contributed by atoms with Gasteiger partial charge in [0.25, 0.3) is 0 Å². The molecule has 0 N–H and O–H groups in total. The fraction of sp³-hybridized carbons (Fsp3) is 1.00. The van der Waals surface area contributed by atoms with Crippen molar-refractivity contribution in [1.82, 2.24) is 0 Å². The smallest absolute Gasteiger partial charge is 0.0598 e. The molecular formula is C13H26Br2O. The van der Waals surface area contributed by atoms with E-state index in [4.69, 9.17) is 4.74 Å². The molecule has 0 saturated heterocycles. The lowest BCUT2D eigenvalue weighted by Gasteiger charge is -2.33. The van der Waals surface area contributed by atoms with Crippen LogP contribution in [0.5, 0.6) is 0 Å². The highest BCUT2D eigenvalue weighted by atomic mass is 79.9. The number of hydrogen-bond donors (Lipinski definition) is 0. The SMILES string of the molecule is CC(C)CC(CBr)(CBr)CCOC(C)(C)C. The molecule has 16 heavy (non-hydrogen) atoms. The minimum absolute atomic E-state index is 0.0256. The summed E-state index contributed by atoms with van der Waals surface area (Å²) in [5.74, 6) is 0.727. The van der Waals surface area contributed by atoms with Crippen molar-refractivity contribution in [3.05, 3.63) is 0 Å². The Labute approximate surface area is 118 Å². The first kappa shape index (κ1) is 16.9. The maximum Gasteiger partial charge on any atom is 0.0598 e. The highest BCUT2D eigenvalue weighted by Crippen LogP contribution is 2.35. The highest BCUT2D eigenvalue weighted by molar-refractivity contribution is 9.09. The van der Waals surface area contributed by atoms with Gasteiger partial charge in [0, 0.05) is 17.3 Å². The lowest BCUT2D eigenvalue weighted by atomic mass is 9.81. The predicted molar refractivity (Wildman–Crippen MR) is 79.8 cm³/mol. The lowest BCUT2D eigenvalue weighted by Crippen LogP contribution is -2.30. The second kappa shape index (κ2) is 7.38. The van der Waals surface area contributed by atoms with Gasteiger partial charge in [0.15, 0.2) is 0 Å². The summed E-state index contributed by atoms with van der Waals surface area (Å²) >= 11 is 7.31. The molecule has 0 heterocycles. The van der Waals surface area contributed by atoms with Crippen LogP contribution in [0.15, 0.2) is 0 Å². The monoisotopic (exact) mass is 356 g/mol. The van der Waals surface area contributed by atoms with E-state index in [0.717, 1.165) is 29.6 Å². The topological polar surface area (TPSA) is 9.23 Å². The molecule has 0 aliphatic rings. The van der Waals surface area contributed by atoms with Gasteiger partial charge in [-0.3, -0.25) is 0 Å². The molecule has 3 heteroatoms. The second-order valence-corrected chi connectivity index (χ2v) is 7.20. The molecule has 0 unspecified atom stereocenters.